The van der Waals surface area contributed by atoms with Gasteiger partial charge in [0.25, 0.3) is 0 Å². The standard InChI is InChI=1S/C16H19F2NO3/c1-16(8-4-6-10-5-2-3-7-11(10)16)15(22)19-12(14(20)21)9-13(17)18/h2-3,5,7,12-13H,4,6,8-9H2,1H3,(H,19,22)(H,20,21). The van der Waals surface area contributed by atoms with Crippen molar-refractivity contribution in [1.82, 2.24) is 5.32 Å². The summed E-state index contributed by atoms with van der Waals surface area (Å²) in [5.41, 5.74) is 1.01. The lowest BCUT2D eigenvalue weighted by Crippen LogP contribution is -2.51. The van der Waals surface area contributed by atoms with E-state index in [0.717, 1.165) is 24.0 Å². The number of hydrogen-bond acceptors (Lipinski definition) is 2. The Hall–Kier alpha value is -1.98. The van der Waals surface area contributed by atoms with Gasteiger partial charge < -0.3 is 10.4 Å². The summed E-state index contributed by atoms with van der Waals surface area (Å²) >= 11 is 0. The van der Waals surface area contributed by atoms with Crippen LogP contribution in [0.5, 0.6) is 0 Å². The van der Waals surface area contributed by atoms with E-state index < -0.39 is 36.2 Å². The monoisotopic (exact) mass is 311 g/mol. The molecule has 0 bridgehead atoms. The number of nitrogens with one attached hydrogen (secondary N) is 1. The van der Waals surface area contributed by atoms with Gasteiger partial charge in [-0.15, -0.1) is 0 Å². The molecule has 0 saturated heterocycles. The molecule has 0 saturated carbocycles. The topological polar surface area (TPSA) is 66.4 Å². The first kappa shape index (κ1) is 16.4. The third-order valence-corrected chi connectivity index (χ3v) is 4.25. The Morgan fingerprint density at radius 3 is 2.68 bits per heavy atom. The number of hydrogen-bond donors (Lipinski definition) is 2. The molecular weight excluding hydrogens is 292 g/mol. The molecule has 1 aliphatic rings. The van der Waals surface area contributed by atoms with E-state index in [4.69, 9.17) is 5.11 Å². The van der Waals surface area contributed by atoms with Gasteiger partial charge in [0.2, 0.25) is 12.3 Å². The second-order valence-electron chi connectivity index (χ2n) is 5.83. The molecule has 0 radical (unpaired) electrons. The molecule has 2 atom stereocenters. The number of aryl methyl sites for hydroxylation is 1. The first-order chi connectivity index (χ1) is 10.3. The fourth-order valence-electron chi connectivity index (χ4n) is 3.00. The van der Waals surface area contributed by atoms with E-state index in [1.807, 2.05) is 24.3 Å². The number of carbonyl (C=O) groups is 2. The van der Waals surface area contributed by atoms with Crippen LogP contribution in [-0.4, -0.2) is 29.5 Å². The lowest BCUT2D eigenvalue weighted by atomic mass is 9.70. The number of amides is 1. The molecule has 0 aromatic heterocycles. The summed E-state index contributed by atoms with van der Waals surface area (Å²) in [4.78, 5) is 23.6. The number of carboxylic acids is 1. The van der Waals surface area contributed by atoms with Crippen molar-refractivity contribution in [2.45, 2.75) is 50.5 Å². The predicted octanol–water partition coefficient (Wildman–Crippen LogP) is 2.51. The largest absolute Gasteiger partial charge is 0.480 e. The van der Waals surface area contributed by atoms with Gasteiger partial charge in [0, 0.05) is 6.42 Å². The number of carbonyl (C=O) groups excluding carboxylic acids is 1. The molecule has 0 heterocycles. The maximum Gasteiger partial charge on any atom is 0.326 e. The molecule has 0 fully saturated rings. The highest BCUT2D eigenvalue weighted by molar-refractivity contribution is 5.91. The van der Waals surface area contributed by atoms with Crippen molar-refractivity contribution in [1.29, 1.82) is 0 Å². The molecule has 1 aliphatic carbocycles. The molecule has 22 heavy (non-hydrogen) atoms. The Morgan fingerprint density at radius 2 is 2.05 bits per heavy atom. The van der Waals surface area contributed by atoms with Crippen LogP contribution in [-0.2, 0) is 21.4 Å². The van der Waals surface area contributed by atoms with E-state index in [-0.39, 0.29) is 0 Å². The summed E-state index contributed by atoms with van der Waals surface area (Å²) < 4.78 is 24.9. The van der Waals surface area contributed by atoms with E-state index in [1.165, 1.54) is 0 Å². The third-order valence-electron chi connectivity index (χ3n) is 4.25. The van der Waals surface area contributed by atoms with Gasteiger partial charge in [-0.3, -0.25) is 4.79 Å². The van der Waals surface area contributed by atoms with E-state index in [1.54, 1.807) is 6.92 Å². The van der Waals surface area contributed by atoms with Gasteiger partial charge in [0.05, 0.1) is 5.41 Å². The number of aliphatic carboxylic acids is 1. The summed E-state index contributed by atoms with van der Waals surface area (Å²) in [6, 6.07) is 5.92. The average Bonchev–Trinajstić information content (AvgIpc) is 2.46. The molecule has 0 aliphatic heterocycles. The number of carboxylic acid groups (broad SMARTS) is 1. The highest BCUT2D eigenvalue weighted by Crippen LogP contribution is 2.37. The second kappa shape index (κ2) is 6.42. The highest BCUT2D eigenvalue weighted by atomic mass is 19.3. The zero-order valence-electron chi connectivity index (χ0n) is 12.3. The SMILES string of the molecule is CC1(C(=O)NC(CC(F)F)C(=O)O)CCCc2ccccc21. The number of benzene rings is 1. The van der Waals surface area contributed by atoms with Crippen LogP contribution >= 0.6 is 0 Å². The van der Waals surface area contributed by atoms with Crippen molar-refractivity contribution in [3.8, 4) is 0 Å². The number of fused-ring (bicyclic) bond motifs is 1. The summed E-state index contributed by atoms with van der Waals surface area (Å²) in [5, 5.41) is 11.3. The van der Waals surface area contributed by atoms with Gasteiger partial charge in [-0.1, -0.05) is 24.3 Å². The van der Waals surface area contributed by atoms with Crippen LogP contribution in [0.2, 0.25) is 0 Å². The normalized spacial score (nSPS) is 22.0. The van der Waals surface area contributed by atoms with Crippen LogP contribution in [0.1, 0.15) is 37.3 Å². The van der Waals surface area contributed by atoms with Crippen molar-refractivity contribution < 1.29 is 23.5 Å². The molecule has 2 N–H and O–H groups in total. The van der Waals surface area contributed by atoms with Crippen molar-refractivity contribution >= 4 is 11.9 Å². The maximum absolute atomic E-state index is 12.6. The van der Waals surface area contributed by atoms with Gasteiger partial charge in [0.1, 0.15) is 6.04 Å². The zero-order chi connectivity index (χ0) is 16.3. The minimum Gasteiger partial charge on any atom is -0.480 e. The van der Waals surface area contributed by atoms with E-state index >= 15 is 0 Å². The van der Waals surface area contributed by atoms with Crippen LogP contribution in [0, 0.1) is 0 Å². The summed E-state index contributed by atoms with van der Waals surface area (Å²) in [6.07, 6.45) is -1.45. The van der Waals surface area contributed by atoms with Crippen LogP contribution in [0.4, 0.5) is 8.78 Å². The highest BCUT2D eigenvalue weighted by Gasteiger charge is 2.40. The van der Waals surface area contributed by atoms with Crippen LogP contribution in [0.3, 0.4) is 0 Å². The molecule has 120 valence electrons. The predicted molar refractivity (Wildman–Crippen MR) is 76.9 cm³/mol. The van der Waals surface area contributed by atoms with Gasteiger partial charge in [-0.05, 0) is 37.3 Å². The van der Waals surface area contributed by atoms with Gasteiger partial charge >= 0.3 is 5.97 Å². The van der Waals surface area contributed by atoms with Crippen LogP contribution in [0.15, 0.2) is 24.3 Å². The van der Waals surface area contributed by atoms with E-state index in [2.05, 4.69) is 5.32 Å². The van der Waals surface area contributed by atoms with E-state index in [9.17, 15) is 18.4 Å². The van der Waals surface area contributed by atoms with Gasteiger partial charge in [-0.25, -0.2) is 13.6 Å². The smallest absolute Gasteiger partial charge is 0.326 e. The number of halogens is 2. The van der Waals surface area contributed by atoms with Gasteiger partial charge in [0.15, 0.2) is 0 Å². The Morgan fingerprint density at radius 1 is 1.36 bits per heavy atom. The Balaban J connectivity index is 2.23. The Bertz CT molecular complexity index is 576. The first-order valence-corrected chi connectivity index (χ1v) is 7.25. The maximum atomic E-state index is 12.6. The summed E-state index contributed by atoms with van der Waals surface area (Å²) in [7, 11) is 0. The molecule has 6 heteroatoms. The van der Waals surface area contributed by atoms with Crippen LogP contribution < -0.4 is 5.32 Å². The average molecular weight is 311 g/mol. The fraction of sp³-hybridized carbons (Fsp3) is 0.500. The van der Waals surface area contributed by atoms with Crippen molar-refractivity contribution in [2.24, 2.45) is 0 Å². The van der Waals surface area contributed by atoms with Gasteiger partial charge in [-0.2, -0.15) is 0 Å². The fourth-order valence-corrected chi connectivity index (χ4v) is 3.00. The minimum atomic E-state index is -2.78. The molecule has 1 aromatic rings. The lowest BCUT2D eigenvalue weighted by molar-refractivity contribution is -0.144. The quantitative estimate of drug-likeness (QED) is 0.878. The molecule has 0 spiro atoms. The molecule has 1 amide bonds. The summed E-state index contributed by atoms with van der Waals surface area (Å²) in [6.45, 7) is 1.74. The Kier molecular flexibility index (Phi) is 4.78. The molecular formula is C16H19F2NO3. The third kappa shape index (κ3) is 3.26. The molecule has 2 rings (SSSR count). The van der Waals surface area contributed by atoms with Crippen molar-refractivity contribution in [3.05, 3.63) is 35.4 Å². The second-order valence-corrected chi connectivity index (χ2v) is 5.83. The zero-order valence-corrected chi connectivity index (χ0v) is 12.3. The molecule has 1 aromatic carbocycles. The van der Waals surface area contributed by atoms with Crippen molar-refractivity contribution in [2.75, 3.05) is 0 Å². The van der Waals surface area contributed by atoms with Crippen LogP contribution in [0.25, 0.3) is 0 Å². The molecule has 2 unspecified atom stereocenters. The first-order valence-electron chi connectivity index (χ1n) is 7.25. The Labute approximate surface area is 127 Å². The number of rotatable bonds is 5. The minimum absolute atomic E-state index is 0.507. The summed E-state index contributed by atoms with van der Waals surface area (Å²) in [5.74, 6) is -1.95. The lowest BCUT2D eigenvalue weighted by Gasteiger charge is -2.35. The molecule has 4 nitrogen and oxygen atoms in total. The number of alkyl halides is 2. The van der Waals surface area contributed by atoms with Crippen molar-refractivity contribution in [3.63, 3.8) is 0 Å². The van der Waals surface area contributed by atoms with E-state index in [0.29, 0.717) is 6.42 Å².